The van der Waals surface area contributed by atoms with E-state index in [1.807, 2.05) is 66.2 Å². The first-order valence-electron chi connectivity index (χ1n) is 9.75. The fourth-order valence-corrected chi connectivity index (χ4v) is 3.53. The van der Waals surface area contributed by atoms with Crippen LogP contribution in [0.2, 0.25) is 0 Å². The summed E-state index contributed by atoms with van der Waals surface area (Å²) < 4.78 is 12.5. The molecule has 0 fully saturated rings. The molecule has 30 heavy (non-hydrogen) atoms. The van der Waals surface area contributed by atoms with Crippen molar-refractivity contribution in [3.8, 4) is 11.5 Å². The second kappa shape index (κ2) is 8.29. The van der Waals surface area contributed by atoms with Crippen LogP contribution in [0.3, 0.4) is 0 Å². The highest BCUT2D eigenvalue weighted by Crippen LogP contribution is 2.30. The molecule has 3 aromatic carbocycles. The van der Waals surface area contributed by atoms with Crippen LogP contribution in [0.15, 0.2) is 71.8 Å². The van der Waals surface area contributed by atoms with E-state index in [0.717, 1.165) is 27.4 Å². The van der Waals surface area contributed by atoms with Crippen molar-refractivity contribution < 1.29 is 14.3 Å². The molecule has 0 unspecified atom stereocenters. The highest BCUT2D eigenvalue weighted by atomic mass is 16.5. The van der Waals surface area contributed by atoms with E-state index in [4.69, 9.17) is 9.47 Å². The second-order valence-corrected chi connectivity index (χ2v) is 6.74. The molecule has 0 saturated heterocycles. The van der Waals surface area contributed by atoms with Gasteiger partial charge in [0, 0.05) is 17.2 Å². The van der Waals surface area contributed by atoms with Crippen molar-refractivity contribution in [2.24, 2.45) is 5.10 Å². The number of carbonyl (C=O) groups excluding carboxylic acids is 1. The zero-order valence-corrected chi connectivity index (χ0v) is 17.2. The number of hydrogen-bond donors (Lipinski definition) is 0. The Balaban J connectivity index is 1.85. The molecule has 6 nitrogen and oxygen atoms in total. The van der Waals surface area contributed by atoms with Gasteiger partial charge >= 0.3 is 0 Å². The third-order valence-electron chi connectivity index (χ3n) is 4.99. The number of fused-ring (bicyclic) bond motifs is 3. The molecule has 4 rings (SSSR count). The molecule has 1 heterocycles. The molecule has 1 aromatic heterocycles. The first kappa shape index (κ1) is 19.5. The van der Waals surface area contributed by atoms with Crippen molar-refractivity contribution in [1.29, 1.82) is 0 Å². The lowest BCUT2D eigenvalue weighted by Crippen LogP contribution is -2.35. The van der Waals surface area contributed by atoms with Crippen molar-refractivity contribution in [2.45, 2.75) is 13.3 Å². The minimum atomic E-state index is -0.113. The Kier molecular flexibility index (Phi) is 5.39. The lowest BCUT2D eigenvalue weighted by Gasteiger charge is -2.20. The van der Waals surface area contributed by atoms with Crippen molar-refractivity contribution in [3.05, 3.63) is 72.3 Å². The van der Waals surface area contributed by atoms with E-state index in [2.05, 4.69) is 17.2 Å². The number of methoxy groups -OCH3 is 2. The zero-order chi connectivity index (χ0) is 21.1. The molecule has 1 amide bonds. The van der Waals surface area contributed by atoms with E-state index in [0.29, 0.717) is 17.9 Å². The molecule has 0 saturated carbocycles. The molecule has 0 radical (unpaired) electrons. The summed E-state index contributed by atoms with van der Waals surface area (Å²) in [5.41, 5.74) is 2.64. The normalized spacial score (nSPS) is 11.3. The van der Waals surface area contributed by atoms with Crippen LogP contribution in [0.5, 0.6) is 11.5 Å². The number of aromatic nitrogens is 1. The molecule has 0 aliphatic rings. The minimum Gasteiger partial charge on any atom is -0.493 e. The lowest BCUT2D eigenvalue weighted by atomic mass is 10.2. The number of para-hydroxylation sites is 2. The van der Waals surface area contributed by atoms with Crippen LogP contribution < -0.4 is 14.6 Å². The summed E-state index contributed by atoms with van der Waals surface area (Å²) in [6.45, 7) is 1.83. The van der Waals surface area contributed by atoms with Gasteiger partial charge in [-0.25, -0.2) is 4.68 Å². The van der Waals surface area contributed by atoms with Gasteiger partial charge in [0.05, 0.1) is 31.5 Å². The molecule has 0 N–H and O–H groups in total. The fourth-order valence-electron chi connectivity index (χ4n) is 3.53. The summed E-state index contributed by atoms with van der Waals surface area (Å²) in [5, 5.41) is 8.14. The number of rotatable bonds is 6. The minimum absolute atomic E-state index is 0.113. The van der Waals surface area contributed by atoms with Crippen LogP contribution in [-0.4, -0.2) is 31.0 Å². The second-order valence-electron chi connectivity index (χ2n) is 6.74. The lowest BCUT2D eigenvalue weighted by molar-refractivity contribution is -0.119. The Hall–Kier alpha value is -3.80. The van der Waals surface area contributed by atoms with Gasteiger partial charge in [0.15, 0.2) is 11.5 Å². The molecule has 0 bridgehead atoms. The standard InChI is InChI=1S/C24H23N3O3/c1-4-24(28)27(25-16-17-13-14-22(29-2)23(15-17)30-3)26-20-11-7-5-9-18(20)19-10-6-8-12-21(19)26/h5-16H,4H2,1-3H3. The van der Waals surface area contributed by atoms with Crippen molar-refractivity contribution >= 4 is 33.9 Å². The third kappa shape index (κ3) is 3.37. The number of carbonyl (C=O) groups is 1. The topological polar surface area (TPSA) is 56.1 Å². The predicted molar refractivity (Wildman–Crippen MR) is 120 cm³/mol. The van der Waals surface area contributed by atoms with Gasteiger partial charge in [-0.15, -0.1) is 5.12 Å². The van der Waals surface area contributed by atoms with E-state index in [9.17, 15) is 4.79 Å². The zero-order valence-electron chi connectivity index (χ0n) is 17.2. The Morgan fingerprint density at radius 1 is 0.933 bits per heavy atom. The highest BCUT2D eigenvalue weighted by Gasteiger charge is 2.19. The predicted octanol–water partition coefficient (Wildman–Crippen LogP) is 4.72. The van der Waals surface area contributed by atoms with Crippen LogP contribution in [0, 0.1) is 0 Å². The molecule has 0 aliphatic heterocycles. The summed E-state index contributed by atoms with van der Waals surface area (Å²) in [6.07, 6.45) is 1.98. The Labute approximate surface area is 174 Å². The number of hydrazone groups is 1. The van der Waals surface area contributed by atoms with Crippen LogP contribution in [-0.2, 0) is 4.79 Å². The van der Waals surface area contributed by atoms with Crippen LogP contribution in [0.25, 0.3) is 21.8 Å². The molecular weight excluding hydrogens is 378 g/mol. The van der Waals surface area contributed by atoms with Gasteiger partial charge in [-0.05, 0) is 35.9 Å². The van der Waals surface area contributed by atoms with Gasteiger partial charge in [-0.1, -0.05) is 43.3 Å². The van der Waals surface area contributed by atoms with E-state index < -0.39 is 0 Å². The monoisotopic (exact) mass is 401 g/mol. The van der Waals surface area contributed by atoms with Crippen molar-refractivity contribution in [2.75, 3.05) is 19.3 Å². The highest BCUT2D eigenvalue weighted by molar-refractivity contribution is 6.09. The molecular formula is C24H23N3O3. The molecule has 0 spiro atoms. The number of hydrogen-bond acceptors (Lipinski definition) is 4. The fraction of sp³-hybridized carbons (Fsp3) is 0.167. The largest absolute Gasteiger partial charge is 0.493 e. The Morgan fingerprint density at radius 3 is 2.10 bits per heavy atom. The van der Waals surface area contributed by atoms with E-state index in [-0.39, 0.29) is 5.91 Å². The number of ether oxygens (including phenoxy) is 2. The number of nitrogens with zero attached hydrogens (tertiary/aromatic N) is 3. The van der Waals surface area contributed by atoms with E-state index in [1.54, 1.807) is 20.4 Å². The average molecular weight is 401 g/mol. The maximum atomic E-state index is 12.9. The smallest absolute Gasteiger partial charge is 0.262 e. The van der Waals surface area contributed by atoms with E-state index in [1.165, 1.54) is 5.12 Å². The van der Waals surface area contributed by atoms with Gasteiger partial charge in [0.25, 0.3) is 5.91 Å². The molecule has 6 heteroatoms. The van der Waals surface area contributed by atoms with Gasteiger partial charge in [-0.2, -0.15) is 5.10 Å². The summed E-state index contributed by atoms with van der Waals surface area (Å²) in [5.74, 6) is 1.13. The van der Waals surface area contributed by atoms with Gasteiger partial charge in [0.1, 0.15) is 0 Å². The summed E-state index contributed by atoms with van der Waals surface area (Å²) in [4.78, 5) is 12.9. The maximum Gasteiger partial charge on any atom is 0.262 e. The summed E-state index contributed by atoms with van der Waals surface area (Å²) in [7, 11) is 3.18. The first-order chi connectivity index (χ1) is 14.7. The van der Waals surface area contributed by atoms with Crippen LogP contribution in [0.4, 0.5) is 0 Å². The molecule has 4 aromatic rings. The van der Waals surface area contributed by atoms with Crippen molar-refractivity contribution in [3.63, 3.8) is 0 Å². The van der Waals surface area contributed by atoms with Gasteiger partial charge in [-0.3, -0.25) is 4.79 Å². The first-order valence-corrected chi connectivity index (χ1v) is 9.75. The molecule has 0 atom stereocenters. The SMILES string of the molecule is CCC(=O)N(N=Cc1ccc(OC)c(OC)c1)n1c2ccccc2c2ccccc21. The number of amides is 1. The molecule has 0 aliphatic carbocycles. The van der Waals surface area contributed by atoms with E-state index >= 15 is 0 Å². The molecule has 152 valence electrons. The average Bonchev–Trinajstić information content (AvgIpc) is 3.13. The maximum absolute atomic E-state index is 12.9. The van der Waals surface area contributed by atoms with Crippen LogP contribution >= 0.6 is 0 Å². The Morgan fingerprint density at radius 2 is 1.53 bits per heavy atom. The van der Waals surface area contributed by atoms with Crippen molar-refractivity contribution in [1.82, 2.24) is 4.68 Å². The van der Waals surface area contributed by atoms with Crippen LogP contribution in [0.1, 0.15) is 18.9 Å². The number of benzene rings is 3. The van der Waals surface area contributed by atoms with Gasteiger partial charge in [0.2, 0.25) is 0 Å². The third-order valence-corrected chi connectivity index (χ3v) is 4.99. The summed E-state index contributed by atoms with van der Waals surface area (Å²) >= 11 is 0. The Bertz CT molecular complexity index is 1190. The quantitative estimate of drug-likeness (QED) is 0.347. The van der Waals surface area contributed by atoms with Gasteiger partial charge < -0.3 is 9.47 Å². The summed E-state index contributed by atoms with van der Waals surface area (Å²) in [6, 6.07) is 21.5.